The van der Waals surface area contributed by atoms with Crippen LogP contribution in [0, 0.1) is 5.92 Å². The molecule has 0 saturated heterocycles. The van der Waals surface area contributed by atoms with E-state index in [1.807, 2.05) is 6.07 Å². The van der Waals surface area contributed by atoms with E-state index < -0.39 is 0 Å². The second kappa shape index (κ2) is 8.18. The lowest BCUT2D eigenvalue weighted by Gasteiger charge is -2.09. The first-order chi connectivity index (χ1) is 8.63. The Balaban J connectivity index is 2.28. The number of aromatic hydroxyl groups is 1. The summed E-state index contributed by atoms with van der Waals surface area (Å²) in [5.41, 5.74) is 2.72. The van der Waals surface area contributed by atoms with Gasteiger partial charge in [0.2, 0.25) is 0 Å². The lowest BCUT2D eigenvalue weighted by atomic mass is 9.98. The van der Waals surface area contributed by atoms with Crippen LogP contribution in [0.5, 0.6) is 5.75 Å². The highest BCUT2D eigenvalue weighted by Gasteiger charge is 2.02. The minimum absolute atomic E-state index is 0.405. The first kappa shape index (κ1) is 15.1. The van der Waals surface area contributed by atoms with Crippen LogP contribution in [0.25, 0.3) is 0 Å². The van der Waals surface area contributed by atoms with Crippen molar-refractivity contribution < 1.29 is 5.11 Å². The maximum Gasteiger partial charge on any atom is 0.115 e. The largest absolute Gasteiger partial charge is 0.508 e. The van der Waals surface area contributed by atoms with Gasteiger partial charge in [-0.05, 0) is 48.4 Å². The molecule has 0 fully saturated rings. The van der Waals surface area contributed by atoms with Gasteiger partial charge < -0.3 is 5.11 Å². The van der Waals surface area contributed by atoms with Gasteiger partial charge in [0.25, 0.3) is 0 Å². The Kier molecular flexibility index (Phi) is 6.85. The van der Waals surface area contributed by atoms with Crippen LogP contribution >= 0.6 is 0 Å². The number of aryl methyl sites for hydroxylation is 2. The molecule has 0 unspecified atom stereocenters. The molecule has 1 heteroatoms. The van der Waals surface area contributed by atoms with Crippen LogP contribution in [0.2, 0.25) is 0 Å². The molecule has 18 heavy (non-hydrogen) atoms. The zero-order valence-corrected chi connectivity index (χ0v) is 12.2. The summed E-state index contributed by atoms with van der Waals surface area (Å²) in [5, 5.41) is 9.53. The summed E-state index contributed by atoms with van der Waals surface area (Å²) >= 11 is 0. The fourth-order valence-corrected chi connectivity index (χ4v) is 2.41. The van der Waals surface area contributed by atoms with E-state index in [0.29, 0.717) is 5.75 Å². The molecule has 1 rings (SSSR count). The summed E-state index contributed by atoms with van der Waals surface area (Å²) in [4.78, 5) is 0. The first-order valence-corrected chi connectivity index (χ1v) is 7.44. The summed E-state index contributed by atoms with van der Waals surface area (Å²) in [7, 11) is 0. The predicted octanol–water partition coefficient (Wildman–Crippen LogP) is 5.10. The predicted molar refractivity (Wildman–Crippen MR) is 79.1 cm³/mol. The van der Waals surface area contributed by atoms with Crippen LogP contribution in [0.1, 0.15) is 64.0 Å². The van der Waals surface area contributed by atoms with E-state index in [4.69, 9.17) is 0 Å². The second-order valence-corrected chi connectivity index (χ2v) is 5.65. The smallest absolute Gasteiger partial charge is 0.115 e. The quantitative estimate of drug-likeness (QED) is 0.634. The van der Waals surface area contributed by atoms with Crippen molar-refractivity contribution in [3.8, 4) is 5.75 Å². The molecule has 102 valence electrons. The molecular formula is C17H28O. The maximum atomic E-state index is 9.53. The normalized spacial score (nSPS) is 11.1. The van der Waals surface area contributed by atoms with Crippen molar-refractivity contribution in [3.63, 3.8) is 0 Å². The van der Waals surface area contributed by atoms with Gasteiger partial charge in [-0.2, -0.15) is 0 Å². The summed E-state index contributed by atoms with van der Waals surface area (Å²) < 4.78 is 0. The number of hydrogen-bond donors (Lipinski definition) is 1. The maximum absolute atomic E-state index is 9.53. The van der Waals surface area contributed by atoms with E-state index in [2.05, 4.69) is 26.8 Å². The molecule has 1 aromatic rings. The van der Waals surface area contributed by atoms with Crippen molar-refractivity contribution in [2.75, 3.05) is 0 Å². The van der Waals surface area contributed by atoms with Gasteiger partial charge in [-0.25, -0.2) is 0 Å². The number of phenolic OH excluding ortho intramolecular Hbond substituents is 1. The fraction of sp³-hybridized carbons (Fsp3) is 0.647. The fourth-order valence-electron chi connectivity index (χ4n) is 2.41. The van der Waals surface area contributed by atoms with Gasteiger partial charge in [-0.3, -0.25) is 0 Å². The molecule has 0 spiro atoms. The summed E-state index contributed by atoms with van der Waals surface area (Å²) in [5.74, 6) is 1.24. The van der Waals surface area contributed by atoms with Crippen LogP contribution in [0.4, 0.5) is 0 Å². The molecule has 0 aliphatic rings. The van der Waals surface area contributed by atoms with Crippen molar-refractivity contribution in [3.05, 3.63) is 29.3 Å². The van der Waals surface area contributed by atoms with Crippen LogP contribution in [-0.4, -0.2) is 5.11 Å². The van der Waals surface area contributed by atoms with Crippen molar-refractivity contribution in [2.45, 2.75) is 65.7 Å². The van der Waals surface area contributed by atoms with Crippen LogP contribution in [0.3, 0.4) is 0 Å². The van der Waals surface area contributed by atoms with Crippen molar-refractivity contribution in [1.29, 1.82) is 0 Å². The van der Waals surface area contributed by atoms with Gasteiger partial charge in [-0.15, -0.1) is 0 Å². The molecule has 0 bridgehead atoms. The van der Waals surface area contributed by atoms with Crippen molar-refractivity contribution in [2.24, 2.45) is 5.92 Å². The van der Waals surface area contributed by atoms with Gasteiger partial charge >= 0.3 is 0 Å². The summed E-state index contributed by atoms with van der Waals surface area (Å²) in [6, 6.07) is 5.79. The highest BCUT2D eigenvalue weighted by atomic mass is 16.3. The average molecular weight is 248 g/mol. The molecule has 0 amide bonds. The minimum atomic E-state index is 0.405. The van der Waals surface area contributed by atoms with E-state index in [1.165, 1.54) is 43.2 Å². The molecule has 1 N–H and O–H groups in total. The molecule has 1 nitrogen and oxygen atoms in total. The number of phenols is 1. The highest BCUT2D eigenvalue weighted by Crippen LogP contribution is 2.20. The van der Waals surface area contributed by atoms with Crippen LogP contribution < -0.4 is 0 Å². The molecule has 0 radical (unpaired) electrons. The Morgan fingerprint density at radius 3 is 2.39 bits per heavy atom. The van der Waals surface area contributed by atoms with Crippen molar-refractivity contribution in [1.82, 2.24) is 0 Å². The van der Waals surface area contributed by atoms with Gasteiger partial charge in [0.05, 0.1) is 0 Å². The molecule has 1 aromatic carbocycles. The summed E-state index contributed by atoms with van der Waals surface area (Å²) in [6.45, 7) is 6.76. The highest BCUT2D eigenvalue weighted by molar-refractivity contribution is 5.34. The van der Waals surface area contributed by atoms with E-state index >= 15 is 0 Å². The Morgan fingerprint density at radius 2 is 1.72 bits per heavy atom. The Morgan fingerprint density at radius 1 is 1.00 bits per heavy atom. The lowest BCUT2D eigenvalue weighted by Crippen LogP contribution is -1.93. The van der Waals surface area contributed by atoms with E-state index in [0.717, 1.165) is 18.8 Å². The van der Waals surface area contributed by atoms with E-state index in [1.54, 1.807) is 6.07 Å². The molecule has 0 aromatic heterocycles. The second-order valence-electron chi connectivity index (χ2n) is 5.65. The van der Waals surface area contributed by atoms with Gasteiger partial charge in [-0.1, -0.05) is 52.5 Å². The molecular weight excluding hydrogens is 220 g/mol. The van der Waals surface area contributed by atoms with Gasteiger partial charge in [0.15, 0.2) is 0 Å². The van der Waals surface area contributed by atoms with Gasteiger partial charge in [0, 0.05) is 0 Å². The molecule has 0 aliphatic heterocycles. The molecule has 0 heterocycles. The zero-order chi connectivity index (χ0) is 13.4. The topological polar surface area (TPSA) is 20.2 Å². The van der Waals surface area contributed by atoms with E-state index in [-0.39, 0.29) is 0 Å². The zero-order valence-electron chi connectivity index (χ0n) is 12.2. The Hall–Kier alpha value is -0.980. The number of rotatable bonds is 8. The lowest BCUT2D eigenvalue weighted by molar-refractivity contribution is 0.473. The third kappa shape index (κ3) is 5.57. The Bertz CT molecular complexity index is 341. The number of hydrogen-bond acceptors (Lipinski definition) is 1. The first-order valence-electron chi connectivity index (χ1n) is 7.44. The third-order valence-corrected chi connectivity index (χ3v) is 3.55. The molecule has 0 saturated carbocycles. The number of unbranched alkanes of at least 4 members (excludes halogenated alkanes) is 3. The SMILES string of the molecule is CCc1ccc(O)cc1CCCCCCC(C)C. The minimum Gasteiger partial charge on any atom is -0.508 e. The van der Waals surface area contributed by atoms with E-state index in [9.17, 15) is 5.11 Å². The van der Waals surface area contributed by atoms with Crippen LogP contribution in [-0.2, 0) is 12.8 Å². The van der Waals surface area contributed by atoms with Gasteiger partial charge in [0.1, 0.15) is 5.75 Å². The molecule has 0 atom stereocenters. The number of benzene rings is 1. The third-order valence-electron chi connectivity index (χ3n) is 3.55. The standard InChI is InChI=1S/C17H28O/c1-4-15-11-12-17(18)13-16(15)10-8-6-5-7-9-14(2)3/h11-14,18H,4-10H2,1-3H3. The van der Waals surface area contributed by atoms with Crippen molar-refractivity contribution >= 4 is 0 Å². The Labute approximate surface area is 112 Å². The monoisotopic (exact) mass is 248 g/mol. The van der Waals surface area contributed by atoms with Crippen LogP contribution in [0.15, 0.2) is 18.2 Å². The summed E-state index contributed by atoms with van der Waals surface area (Å²) in [6.07, 6.45) is 8.78. The molecule has 0 aliphatic carbocycles. The average Bonchev–Trinajstić information content (AvgIpc) is 2.33.